The molecule has 3 aromatic heterocycles. The summed E-state index contributed by atoms with van der Waals surface area (Å²) in [6.07, 6.45) is 8.44. The van der Waals surface area contributed by atoms with E-state index in [1.54, 1.807) is 30.7 Å². The summed E-state index contributed by atoms with van der Waals surface area (Å²) < 4.78 is 26.6. The predicted molar refractivity (Wildman–Crippen MR) is 141 cm³/mol. The Labute approximate surface area is 224 Å². The number of halogens is 1. The van der Waals surface area contributed by atoms with E-state index in [0.29, 0.717) is 68.7 Å². The van der Waals surface area contributed by atoms with Gasteiger partial charge in [0, 0.05) is 51.5 Å². The third-order valence-corrected chi connectivity index (χ3v) is 6.34. The molecular weight excluding hydrogens is 505 g/mol. The van der Waals surface area contributed by atoms with Crippen molar-refractivity contribution in [2.45, 2.75) is 12.6 Å². The Balaban J connectivity index is 1.02. The highest BCUT2D eigenvalue weighted by Gasteiger charge is 2.21. The van der Waals surface area contributed by atoms with Crippen molar-refractivity contribution >= 4 is 23.5 Å². The number of hydrogen-bond acceptors (Lipinski definition) is 12. The van der Waals surface area contributed by atoms with Gasteiger partial charge in [-0.25, -0.2) is 24.3 Å². The molecule has 0 bridgehead atoms. The molecule has 1 unspecified atom stereocenters. The Bertz CT molecular complexity index is 1370. The molecule has 0 aliphatic carbocycles. The maximum absolute atomic E-state index is 13.4. The number of anilines is 4. The third-order valence-electron chi connectivity index (χ3n) is 6.34. The summed E-state index contributed by atoms with van der Waals surface area (Å²) in [7, 11) is 0. The normalized spacial score (nSPS) is 17.7. The van der Waals surface area contributed by atoms with E-state index < -0.39 is 0 Å². The second kappa shape index (κ2) is 11.5. The van der Waals surface area contributed by atoms with E-state index in [2.05, 4.69) is 50.5 Å². The highest BCUT2D eigenvalue weighted by Crippen LogP contribution is 2.22. The van der Waals surface area contributed by atoms with Gasteiger partial charge in [0.25, 0.3) is 0 Å². The second-order valence-electron chi connectivity index (χ2n) is 9.13. The van der Waals surface area contributed by atoms with Crippen LogP contribution >= 0.6 is 0 Å². The van der Waals surface area contributed by atoms with Gasteiger partial charge < -0.3 is 29.9 Å². The van der Waals surface area contributed by atoms with E-state index in [4.69, 9.17) is 9.47 Å². The number of aromatic nitrogens is 7. The minimum absolute atomic E-state index is 0.103. The molecule has 4 aromatic rings. The molecule has 0 saturated carbocycles. The van der Waals surface area contributed by atoms with E-state index in [-0.39, 0.29) is 11.9 Å². The molecule has 2 aliphatic heterocycles. The molecule has 0 amide bonds. The largest absolute Gasteiger partial charge is 0.454 e. The highest BCUT2D eigenvalue weighted by molar-refractivity contribution is 5.51. The first kappa shape index (κ1) is 24.9. The molecule has 2 aliphatic rings. The molecule has 1 atom stereocenters. The van der Waals surface area contributed by atoms with Crippen LogP contribution in [0.5, 0.6) is 11.5 Å². The summed E-state index contributed by atoms with van der Waals surface area (Å²) in [5, 5.41) is 10.9. The van der Waals surface area contributed by atoms with Crippen LogP contribution in [0.4, 0.5) is 27.9 Å². The Hall–Kier alpha value is -4.43. The van der Waals surface area contributed by atoms with Crippen LogP contribution in [0.25, 0.3) is 0 Å². The van der Waals surface area contributed by atoms with Crippen LogP contribution in [0.1, 0.15) is 0 Å². The van der Waals surface area contributed by atoms with Gasteiger partial charge in [-0.2, -0.15) is 10.1 Å². The summed E-state index contributed by atoms with van der Waals surface area (Å²) in [4.78, 5) is 26.3. The fraction of sp³-hybridized carbons (Fsp3) is 0.360. The molecule has 0 spiro atoms. The van der Waals surface area contributed by atoms with Crippen molar-refractivity contribution in [3.05, 3.63) is 61.2 Å². The van der Waals surface area contributed by atoms with Crippen LogP contribution in [0, 0.1) is 5.82 Å². The highest BCUT2D eigenvalue weighted by atomic mass is 19.1. The molecular formula is C25H28FN11O2. The maximum Gasteiger partial charge on any atom is 0.232 e. The average molecular weight is 534 g/mol. The van der Waals surface area contributed by atoms with Crippen molar-refractivity contribution in [2.24, 2.45) is 0 Å². The lowest BCUT2D eigenvalue weighted by molar-refractivity contribution is 0.0161. The van der Waals surface area contributed by atoms with E-state index in [0.717, 1.165) is 18.8 Å². The van der Waals surface area contributed by atoms with Crippen LogP contribution in [0.15, 0.2) is 55.4 Å². The molecule has 2 fully saturated rings. The molecule has 6 rings (SSSR count). The molecule has 14 heteroatoms. The number of hydrogen-bond donors (Lipinski definition) is 2. The van der Waals surface area contributed by atoms with E-state index in [1.165, 1.54) is 18.5 Å². The Kier molecular flexibility index (Phi) is 7.36. The SMILES string of the molecule is Fc1cccc(Oc2cnc(N3CCN(c4ncnc(Nc5cnn(CC6CNCCO6)c5)n4)CC3)nc2)c1. The molecule has 39 heavy (non-hydrogen) atoms. The van der Waals surface area contributed by atoms with Crippen LogP contribution in [0.3, 0.4) is 0 Å². The van der Waals surface area contributed by atoms with Crippen LogP contribution in [-0.2, 0) is 11.3 Å². The standard InChI is InChI=1S/C25H28FN11O2/c26-18-2-1-3-20(10-18)39-21-13-28-24(29-14-21)35-5-7-36(8-6-35)25-31-17-30-23(34-25)33-19-11-32-37(15-19)16-22-12-27-4-9-38-22/h1-3,10-11,13-15,17,22,27H,4-9,12,16H2,(H,30,31,33,34). The lowest BCUT2D eigenvalue weighted by Crippen LogP contribution is -2.47. The van der Waals surface area contributed by atoms with Crippen molar-refractivity contribution in [3.63, 3.8) is 0 Å². The summed E-state index contributed by atoms with van der Waals surface area (Å²) in [6, 6.07) is 5.94. The predicted octanol–water partition coefficient (Wildman–Crippen LogP) is 1.85. The lowest BCUT2D eigenvalue weighted by Gasteiger charge is -2.34. The fourth-order valence-electron chi connectivity index (χ4n) is 4.40. The zero-order valence-electron chi connectivity index (χ0n) is 21.1. The first-order valence-electron chi connectivity index (χ1n) is 12.7. The van der Waals surface area contributed by atoms with Crippen molar-refractivity contribution in [2.75, 3.05) is 61.0 Å². The Morgan fingerprint density at radius 2 is 1.82 bits per heavy atom. The van der Waals surface area contributed by atoms with Gasteiger partial charge in [-0.1, -0.05) is 6.07 Å². The van der Waals surface area contributed by atoms with Gasteiger partial charge in [-0.15, -0.1) is 0 Å². The number of nitrogens with one attached hydrogen (secondary N) is 2. The number of benzene rings is 1. The van der Waals surface area contributed by atoms with E-state index in [9.17, 15) is 4.39 Å². The molecule has 2 saturated heterocycles. The Morgan fingerprint density at radius 1 is 1.00 bits per heavy atom. The minimum Gasteiger partial charge on any atom is -0.454 e. The monoisotopic (exact) mass is 533 g/mol. The zero-order valence-corrected chi connectivity index (χ0v) is 21.1. The van der Waals surface area contributed by atoms with Gasteiger partial charge in [-0.05, 0) is 12.1 Å². The van der Waals surface area contributed by atoms with Crippen molar-refractivity contribution in [1.82, 2.24) is 40.0 Å². The summed E-state index contributed by atoms with van der Waals surface area (Å²) in [5.74, 6) is 2.13. The average Bonchev–Trinajstić information content (AvgIpc) is 3.41. The summed E-state index contributed by atoms with van der Waals surface area (Å²) in [6.45, 7) is 5.87. The number of morpholine rings is 1. The zero-order chi connectivity index (χ0) is 26.4. The summed E-state index contributed by atoms with van der Waals surface area (Å²) >= 11 is 0. The van der Waals surface area contributed by atoms with Gasteiger partial charge in [0.2, 0.25) is 17.8 Å². The number of nitrogens with zero attached hydrogens (tertiary/aromatic N) is 9. The molecule has 2 N–H and O–H groups in total. The van der Waals surface area contributed by atoms with Gasteiger partial charge in [-0.3, -0.25) is 4.68 Å². The fourth-order valence-corrected chi connectivity index (χ4v) is 4.40. The van der Waals surface area contributed by atoms with Gasteiger partial charge in [0.05, 0.1) is 43.5 Å². The van der Waals surface area contributed by atoms with Crippen molar-refractivity contribution < 1.29 is 13.9 Å². The quantitative estimate of drug-likeness (QED) is 0.343. The topological polar surface area (TPSA) is 131 Å². The van der Waals surface area contributed by atoms with Crippen LogP contribution in [-0.4, -0.2) is 86.7 Å². The van der Waals surface area contributed by atoms with Crippen LogP contribution in [0.2, 0.25) is 0 Å². The number of piperazine rings is 1. The number of ether oxygens (including phenoxy) is 2. The first-order valence-corrected chi connectivity index (χ1v) is 12.7. The molecule has 5 heterocycles. The maximum atomic E-state index is 13.4. The van der Waals surface area contributed by atoms with Gasteiger partial charge in [0.1, 0.15) is 17.9 Å². The third kappa shape index (κ3) is 6.35. The smallest absolute Gasteiger partial charge is 0.232 e. The van der Waals surface area contributed by atoms with Crippen molar-refractivity contribution in [1.29, 1.82) is 0 Å². The lowest BCUT2D eigenvalue weighted by atomic mass is 10.3. The Morgan fingerprint density at radius 3 is 2.59 bits per heavy atom. The van der Waals surface area contributed by atoms with Gasteiger partial charge >= 0.3 is 0 Å². The van der Waals surface area contributed by atoms with Gasteiger partial charge in [0.15, 0.2) is 5.75 Å². The molecule has 1 aromatic carbocycles. The molecule has 202 valence electrons. The molecule has 13 nitrogen and oxygen atoms in total. The van der Waals surface area contributed by atoms with E-state index >= 15 is 0 Å². The second-order valence-corrected chi connectivity index (χ2v) is 9.13. The van der Waals surface area contributed by atoms with Crippen molar-refractivity contribution in [3.8, 4) is 11.5 Å². The summed E-state index contributed by atoms with van der Waals surface area (Å²) in [5.41, 5.74) is 0.794. The molecule has 0 radical (unpaired) electrons. The number of rotatable bonds is 8. The van der Waals surface area contributed by atoms with Crippen LogP contribution < -0.4 is 25.2 Å². The van der Waals surface area contributed by atoms with E-state index in [1.807, 2.05) is 10.9 Å². The first-order chi connectivity index (χ1) is 19.2. The minimum atomic E-state index is -0.363.